The molecule has 0 radical (unpaired) electrons. The van der Waals surface area contributed by atoms with E-state index in [1.807, 2.05) is 0 Å². The predicted octanol–water partition coefficient (Wildman–Crippen LogP) is 3.18. The van der Waals surface area contributed by atoms with E-state index in [1.54, 1.807) is 50.6 Å². The fourth-order valence-corrected chi connectivity index (χ4v) is 2.35. The van der Waals surface area contributed by atoms with Crippen LogP contribution < -0.4 is 14.2 Å². The quantitative estimate of drug-likeness (QED) is 0.877. The van der Waals surface area contributed by atoms with Gasteiger partial charge >= 0.3 is 5.97 Å². The van der Waals surface area contributed by atoms with Crippen LogP contribution in [-0.2, 0) is 0 Å². The number of carboxylic acid groups (broad SMARTS) is 1. The lowest BCUT2D eigenvalue weighted by Gasteiger charge is -2.07. The molecule has 0 aliphatic carbocycles. The van der Waals surface area contributed by atoms with Gasteiger partial charge in [0.1, 0.15) is 5.75 Å². The molecule has 118 valence electrons. The van der Waals surface area contributed by atoms with E-state index in [0.29, 0.717) is 28.5 Å². The van der Waals surface area contributed by atoms with Crippen molar-refractivity contribution in [3.8, 4) is 17.2 Å². The summed E-state index contributed by atoms with van der Waals surface area (Å²) in [4.78, 5) is 15.6. The number of hydrogen-bond acceptors (Lipinski definition) is 5. The summed E-state index contributed by atoms with van der Waals surface area (Å²) in [6, 6.07) is 8.50. The first-order valence-corrected chi connectivity index (χ1v) is 6.94. The van der Waals surface area contributed by atoms with E-state index in [1.165, 1.54) is 0 Å². The SMILES string of the molecule is COc1cc2c(cc1C=Nc1cccc(C(=O)O)c1C)OCO2. The fraction of sp³-hybridized carbons (Fsp3) is 0.176. The van der Waals surface area contributed by atoms with Gasteiger partial charge in [-0.25, -0.2) is 4.79 Å². The van der Waals surface area contributed by atoms with Gasteiger partial charge in [0.05, 0.1) is 18.4 Å². The molecule has 23 heavy (non-hydrogen) atoms. The van der Waals surface area contributed by atoms with Crippen molar-refractivity contribution in [2.24, 2.45) is 4.99 Å². The van der Waals surface area contributed by atoms with Gasteiger partial charge in [0.25, 0.3) is 0 Å². The summed E-state index contributed by atoms with van der Waals surface area (Å²) >= 11 is 0. The number of rotatable bonds is 4. The van der Waals surface area contributed by atoms with Crippen molar-refractivity contribution < 1.29 is 24.1 Å². The molecule has 1 aliphatic heterocycles. The molecule has 1 aliphatic rings. The first kappa shape index (κ1) is 14.9. The predicted molar refractivity (Wildman–Crippen MR) is 84.5 cm³/mol. The van der Waals surface area contributed by atoms with Crippen molar-refractivity contribution in [1.29, 1.82) is 0 Å². The molecule has 0 unspecified atom stereocenters. The average molecular weight is 313 g/mol. The fourth-order valence-electron chi connectivity index (χ4n) is 2.35. The summed E-state index contributed by atoms with van der Waals surface area (Å²) in [5, 5.41) is 9.16. The zero-order valence-corrected chi connectivity index (χ0v) is 12.7. The van der Waals surface area contributed by atoms with E-state index < -0.39 is 5.97 Å². The molecule has 0 saturated heterocycles. The molecule has 0 spiro atoms. The van der Waals surface area contributed by atoms with Gasteiger partial charge in [-0.1, -0.05) is 6.07 Å². The molecular weight excluding hydrogens is 298 g/mol. The Morgan fingerprint density at radius 1 is 1.30 bits per heavy atom. The Kier molecular flexibility index (Phi) is 3.89. The lowest BCUT2D eigenvalue weighted by atomic mass is 10.1. The molecular formula is C17H15NO5. The van der Waals surface area contributed by atoms with Crippen molar-refractivity contribution in [3.05, 3.63) is 47.0 Å². The van der Waals surface area contributed by atoms with Gasteiger partial charge in [-0.3, -0.25) is 4.99 Å². The minimum absolute atomic E-state index is 0.179. The maximum absolute atomic E-state index is 11.2. The highest BCUT2D eigenvalue weighted by molar-refractivity contribution is 5.92. The largest absolute Gasteiger partial charge is 0.496 e. The number of aromatic carboxylic acids is 1. The van der Waals surface area contributed by atoms with Crippen molar-refractivity contribution in [3.63, 3.8) is 0 Å². The Morgan fingerprint density at radius 2 is 2.04 bits per heavy atom. The van der Waals surface area contributed by atoms with Crippen LogP contribution in [0.15, 0.2) is 35.3 Å². The van der Waals surface area contributed by atoms with Crippen molar-refractivity contribution in [2.75, 3.05) is 13.9 Å². The number of fused-ring (bicyclic) bond motifs is 1. The molecule has 1 N–H and O–H groups in total. The number of carboxylic acids is 1. The number of hydrogen-bond donors (Lipinski definition) is 1. The Morgan fingerprint density at radius 3 is 2.74 bits per heavy atom. The van der Waals surface area contributed by atoms with Crippen molar-refractivity contribution in [2.45, 2.75) is 6.92 Å². The lowest BCUT2D eigenvalue weighted by Crippen LogP contribution is -1.99. The van der Waals surface area contributed by atoms with Gasteiger partial charge in [0.15, 0.2) is 11.5 Å². The molecule has 0 aromatic heterocycles. The lowest BCUT2D eigenvalue weighted by molar-refractivity contribution is 0.0696. The summed E-state index contributed by atoms with van der Waals surface area (Å²) < 4.78 is 16.0. The molecule has 2 aromatic rings. The zero-order valence-electron chi connectivity index (χ0n) is 12.7. The number of nitrogens with zero attached hydrogens (tertiary/aromatic N) is 1. The van der Waals surface area contributed by atoms with Gasteiger partial charge in [-0.15, -0.1) is 0 Å². The molecule has 0 atom stereocenters. The van der Waals surface area contributed by atoms with Gasteiger partial charge in [-0.2, -0.15) is 0 Å². The second-order valence-electron chi connectivity index (χ2n) is 4.96. The standard InChI is InChI=1S/C17H15NO5/c1-10-12(17(19)20)4-3-5-13(10)18-8-11-6-15-16(23-9-22-15)7-14(11)21-2/h3-8H,9H2,1-2H3,(H,19,20). The average Bonchev–Trinajstić information content (AvgIpc) is 2.99. The van der Waals surface area contributed by atoms with E-state index in [-0.39, 0.29) is 12.4 Å². The summed E-state index contributed by atoms with van der Waals surface area (Å²) in [6.07, 6.45) is 1.62. The molecule has 6 nitrogen and oxygen atoms in total. The molecule has 0 amide bonds. The third-order valence-electron chi connectivity index (χ3n) is 3.60. The van der Waals surface area contributed by atoms with Gasteiger partial charge in [-0.05, 0) is 30.7 Å². The van der Waals surface area contributed by atoms with Crippen LogP contribution in [0.2, 0.25) is 0 Å². The van der Waals surface area contributed by atoms with Crippen molar-refractivity contribution >= 4 is 17.9 Å². The molecule has 1 heterocycles. The number of benzene rings is 2. The molecule has 6 heteroatoms. The topological polar surface area (TPSA) is 77.4 Å². The highest BCUT2D eigenvalue weighted by Crippen LogP contribution is 2.37. The van der Waals surface area contributed by atoms with Crippen LogP contribution in [0.4, 0.5) is 5.69 Å². The van der Waals surface area contributed by atoms with Crippen LogP contribution in [0.1, 0.15) is 21.5 Å². The highest BCUT2D eigenvalue weighted by Gasteiger charge is 2.17. The molecule has 0 bridgehead atoms. The summed E-state index contributed by atoms with van der Waals surface area (Å²) in [5.74, 6) is 0.886. The van der Waals surface area contributed by atoms with Crippen molar-refractivity contribution in [1.82, 2.24) is 0 Å². The summed E-state index contributed by atoms with van der Waals surface area (Å²) in [7, 11) is 1.56. The first-order chi connectivity index (χ1) is 11.1. The van der Waals surface area contributed by atoms with E-state index in [0.717, 1.165) is 5.56 Å². The van der Waals surface area contributed by atoms with Crippen LogP contribution >= 0.6 is 0 Å². The van der Waals surface area contributed by atoms with E-state index >= 15 is 0 Å². The van der Waals surface area contributed by atoms with Crippen LogP contribution in [0, 0.1) is 6.92 Å². The number of carbonyl (C=O) groups is 1. The van der Waals surface area contributed by atoms with Gasteiger partial charge in [0, 0.05) is 17.8 Å². The Balaban J connectivity index is 1.98. The zero-order chi connectivity index (χ0) is 16.4. The normalized spacial score (nSPS) is 12.6. The molecule has 0 fully saturated rings. The highest BCUT2D eigenvalue weighted by atomic mass is 16.7. The minimum Gasteiger partial charge on any atom is -0.496 e. The summed E-state index contributed by atoms with van der Waals surface area (Å²) in [5.41, 5.74) is 2.15. The Bertz CT molecular complexity index is 798. The molecule has 0 saturated carbocycles. The monoisotopic (exact) mass is 313 g/mol. The Hall–Kier alpha value is -3.02. The van der Waals surface area contributed by atoms with E-state index in [9.17, 15) is 4.79 Å². The minimum atomic E-state index is -0.972. The van der Waals surface area contributed by atoms with Crippen LogP contribution in [-0.4, -0.2) is 31.2 Å². The van der Waals surface area contributed by atoms with Gasteiger partial charge < -0.3 is 19.3 Å². The third-order valence-corrected chi connectivity index (χ3v) is 3.60. The van der Waals surface area contributed by atoms with Crippen LogP contribution in [0.5, 0.6) is 17.2 Å². The number of aliphatic imine (C=N–C) groups is 1. The summed E-state index contributed by atoms with van der Waals surface area (Å²) in [6.45, 7) is 1.91. The number of methoxy groups -OCH3 is 1. The van der Waals surface area contributed by atoms with Gasteiger partial charge in [0.2, 0.25) is 6.79 Å². The van der Waals surface area contributed by atoms with Crippen LogP contribution in [0.3, 0.4) is 0 Å². The Labute approximate surface area is 132 Å². The second kappa shape index (κ2) is 6.00. The smallest absolute Gasteiger partial charge is 0.336 e. The maximum atomic E-state index is 11.2. The second-order valence-corrected chi connectivity index (χ2v) is 4.96. The first-order valence-electron chi connectivity index (χ1n) is 6.94. The molecule has 2 aromatic carbocycles. The number of ether oxygens (including phenoxy) is 3. The molecule has 3 rings (SSSR count). The maximum Gasteiger partial charge on any atom is 0.336 e. The van der Waals surface area contributed by atoms with Crippen LogP contribution in [0.25, 0.3) is 0 Å². The van der Waals surface area contributed by atoms with E-state index in [2.05, 4.69) is 4.99 Å². The van der Waals surface area contributed by atoms with E-state index in [4.69, 9.17) is 19.3 Å². The third kappa shape index (κ3) is 2.83.